The summed E-state index contributed by atoms with van der Waals surface area (Å²) in [7, 11) is 0. The Labute approximate surface area is 149 Å². The maximum Gasteiger partial charge on any atom is 0.260 e. The van der Waals surface area contributed by atoms with Gasteiger partial charge in [0, 0.05) is 25.1 Å². The standard InChI is InChI=1S/C19H29N3O3/c1-2-16(21-18(23)10-7-11-20)15-8-3-4-9-17(15)25-14-19(24)22-12-5-6-13-22/h3-4,8-9,16H,2,5-7,10-14,20H2,1H3,(H,21,23). The Bertz CT molecular complexity index is 571. The van der Waals surface area contributed by atoms with Crippen molar-refractivity contribution in [1.82, 2.24) is 10.2 Å². The van der Waals surface area contributed by atoms with Gasteiger partial charge >= 0.3 is 0 Å². The van der Waals surface area contributed by atoms with Crippen LogP contribution in [0.15, 0.2) is 24.3 Å². The Hall–Kier alpha value is -2.08. The molecule has 0 radical (unpaired) electrons. The summed E-state index contributed by atoms with van der Waals surface area (Å²) >= 11 is 0. The number of hydrogen-bond acceptors (Lipinski definition) is 4. The van der Waals surface area contributed by atoms with Gasteiger partial charge in [-0.3, -0.25) is 9.59 Å². The van der Waals surface area contributed by atoms with Crippen molar-refractivity contribution in [3.05, 3.63) is 29.8 Å². The maximum atomic E-state index is 12.2. The molecule has 1 fully saturated rings. The summed E-state index contributed by atoms with van der Waals surface area (Å²) < 4.78 is 5.79. The van der Waals surface area contributed by atoms with Crippen molar-refractivity contribution < 1.29 is 14.3 Å². The van der Waals surface area contributed by atoms with Crippen LogP contribution in [0, 0.1) is 0 Å². The lowest BCUT2D eigenvalue weighted by Crippen LogP contribution is -2.32. The fraction of sp³-hybridized carbons (Fsp3) is 0.579. The first-order valence-electron chi connectivity index (χ1n) is 9.14. The van der Waals surface area contributed by atoms with Crippen molar-refractivity contribution >= 4 is 11.8 Å². The van der Waals surface area contributed by atoms with Gasteiger partial charge in [0.2, 0.25) is 5.91 Å². The summed E-state index contributed by atoms with van der Waals surface area (Å²) in [5, 5.41) is 3.03. The maximum absolute atomic E-state index is 12.2. The molecule has 6 heteroatoms. The molecule has 138 valence electrons. The first-order valence-corrected chi connectivity index (χ1v) is 9.14. The van der Waals surface area contributed by atoms with E-state index in [1.165, 1.54) is 0 Å². The summed E-state index contributed by atoms with van der Waals surface area (Å²) in [4.78, 5) is 26.1. The highest BCUT2D eigenvalue weighted by atomic mass is 16.5. The van der Waals surface area contributed by atoms with Crippen LogP contribution < -0.4 is 15.8 Å². The molecule has 1 aliphatic rings. The Kier molecular flexibility index (Phi) is 7.73. The van der Waals surface area contributed by atoms with Gasteiger partial charge in [-0.1, -0.05) is 25.1 Å². The van der Waals surface area contributed by atoms with Gasteiger partial charge in [0.15, 0.2) is 6.61 Å². The van der Waals surface area contributed by atoms with Crippen molar-refractivity contribution in [3.63, 3.8) is 0 Å². The number of ether oxygens (including phenoxy) is 1. The van der Waals surface area contributed by atoms with Crippen LogP contribution in [-0.2, 0) is 9.59 Å². The Balaban J connectivity index is 1.99. The summed E-state index contributed by atoms with van der Waals surface area (Å²) in [6.45, 7) is 4.19. The highest BCUT2D eigenvalue weighted by Gasteiger charge is 2.20. The van der Waals surface area contributed by atoms with Crippen LogP contribution in [0.2, 0.25) is 0 Å². The average molecular weight is 347 g/mol. The van der Waals surface area contributed by atoms with Gasteiger partial charge < -0.3 is 20.7 Å². The number of likely N-dealkylation sites (tertiary alicyclic amines) is 1. The predicted molar refractivity (Wildman–Crippen MR) is 97.2 cm³/mol. The molecule has 6 nitrogen and oxygen atoms in total. The third-order valence-corrected chi connectivity index (χ3v) is 4.46. The minimum atomic E-state index is -0.136. The molecule has 0 saturated carbocycles. The van der Waals surface area contributed by atoms with E-state index >= 15 is 0 Å². The van der Waals surface area contributed by atoms with Gasteiger partial charge in [0.1, 0.15) is 5.75 Å². The van der Waals surface area contributed by atoms with Gasteiger partial charge in [-0.25, -0.2) is 0 Å². The number of hydrogen-bond donors (Lipinski definition) is 2. The number of amides is 2. The highest BCUT2D eigenvalue weighted by Crippen LogP contribution is 2.27. The number of nitrogens with one attached hydrogen (secondary N) is 1. The van der Waals surface area contributed by atoms with Crippen molar-refractivity contribution in [1.29, 1.82) is 0 Å². The second-order valence-electron chi connectivity index (χ2n) is 6.33. The Morgan fingerprint density at radius 3 is 2.68 bits per heavy atom. The fourth-order valence-electron chi connectivity index (χ4n) is 3.03. The molecular formula is C19H29N3O3. The molecule has 0 bridgehead atoms. The van der Waals surface area contributed by atoms with E-state index in [0.29, 0.717) is 25.1 Å². The molecular weight excluding hydrogens is 318 g/mol. The Morgan fingerprint density at radius 2 is 2.00 bits per heavy atom. The van der Waals surface area contributed by atoms with E-state index in [2.05, 4.69) is 5.32 Å². The molecule has 0 spiro atoms. The first-order chi connectivity index (χ1) is 12.2. The van der Waals surface area contributed by atoms with E-state index in [-0.39, 0.29) is 24.5 Å². The Morgan fingerprint density at radius 1 is 1.28 bits per heavy atom. The normalized spacial score (nSPS) is 15.0. The van der Waals surface area contributed by atoms with Gasteiger partial charge in [-0.2, -0.15) is 0 Å². The van der Waals surface area contributed by atoms with Crippen LogP contribution in [0.3, 0.4) is 0 Å². The number of carbonyl (C=O) groups is 2. The lowest BCUT2D eigenvalue weighted by molar-refractivity contribution is -0.132. The largest absolute Gasteiger partial charge is 0.483 e. The second-order valence-corrected chi connectivity index (χ2v) is 6.33. The van der Waals surface area contributed by atoms with Crippen molar-refractivity contribution in [2.75, 3.05) is 26.2 Å². The zero-order valence-electron chi connectivity index (χ0n) is 15.0. The first kappa shape index (κ1) is 19.2. The summed E-state index contributed by atoms with van der Waals surface area (Å²) in [5.74, 6) is 0.661. The molecule has 0 aromatic heterocycles. The molecule has 1 aromatic carbocycles. The summed E-state index contributed by atoms with van der Waals surface area (Å²) in [5.41, 5.74) is 6.36. The van der Waals surface area contributed by atoms with Crippen LogP contribution >= 0.6 is 0 Å². The molecule has 1 unspecified atom stereocenters. The minimum Gasteiger partial charge on any atom is -0.483 e. The molecule has 1 aromatic rings. The van der Waals surface area contributed by atoms with Gasteiger partial charge in [-0.15, -0.1) is 0 Å². The number of nitrogens with two attached hydrogens (primary N) is 1. The van der Waals surface area contributed by atoms with E-state index in [1.54, 1.807) is 0 Å². The molecule has 0 aliphatic carbocycles. The molecule has 2 amide bonds. The van der Waals surface area contributed by atoms with Crippen LogP contribution in [0.25, 0.3) is 0 Å². The highest BCUT2D eigenvalue weighted by molar-refractivity contribution is 5.78. The number of carbonyl (C=O) groups excluding carboxylic acids is 2. The number of benzene rings is 1. The number of rotatable bonds is 9. The quantitative estimate of drug-likeness (QED) is 0.715. The van der Waals surface area contributed by atoms with E-state index < -0.39 is 0 Å². The molecule has 25 heavy (non-hydrogen) atoms. The molecule has 3 N–H and O–H groups in total. The zero-order valence-corrected chi connectivity index (χ0v) is 15.0. The average Bonchev–Trinajstić information content (AvgIpc) is 3.17. The van der Waals surface area contributed by atoms with Crippen LogP contribution in [0.5, 0.6) is 5.75 Å². The summed E-state index contributed by atoms with van der Waals surface area (Å²) in [6, 6.07) is 7.44. The molecule has 1 atom stereocenters. The van der Waals surface area contributed by atoms with Crippen molar-refractivity contribution in [3.8, 4) is 5.75 Å². The van der Waals surface area contributed by atoms with Crippen molar-refractivity contribution in [2.45, 2.75) is 45.1 Å². The third kappa shape index (κ3) is 5.74. The predicted octanol–water partition coefficient (Wildman–Crippen LogP) is 1.99. The zero-order chi connectivity index (χ0) is 18.1. The topological polar surface area (TPSA) is 84.7 Å². The van der Waals surface area contributed by atoms with E-state index in [1.807, 2.05) is 36.1 Å². The van der Waals surface area contributed by atoms with Gasteiger partial charge in [-0.05, 0) is 38.3 Å². The van der Waals surface area contributed by atoms with Crippen LogP contribution in [0.4, 0.5) is 0 Å². The minimum absolute atomic E-state index is 0.0137. The van der Waals surface area contributed by atoms with Gasteiger partial charge in [0.05, 0.1) is 6.04 Å². The van der Waals surface area contributed by atoms with Crippen LogP contribution in [0.1, 0.15) is 50.6 Å². The fourth-order valence-corrected chi connectivity index (χ4v) is 3.03. The number of nitrogens with zero attached hydrogens (tertiary/aromatic N) is 1. The van der Waals surface area contributed by atoms with Crippen LogP contribution in [-0.4, -0.2) is 43.0 Å². The smallest absolute Gasteiger partial charge is 0.260 e. The summed E-state index contributed by atoms with van der Waals surface area (Å²) in [6.07, 6.45) is 3.97. The molecule has 2 rings (SSSR count). The van der Waals surface area contributed by atoms with Gasteiger partial charge in [0.25, 0.3) is 5.91 Å². The lowest BCUT2D eigenvalue weighted by Gasteiger charge is -2.21. The number of para-hydroxylation sites is 1. The molecule has 1 aliphatic heterocycles. The molecule has 1 saturated heterocycles. The van der Waals surface area contributed by atoms with E-state index in [0.717, 1.165) is 37.9 Å². The lowest BCUT2D eigenvalue weighted by atomic mass is 10.0. The van der Waals surface area contributed by atoms with E-state index in [9.17, 15) is 9.59 Å². The molecule has 1 heterocycles. The van der Waals surface area contributed by atoms with E-state index in [4.69, 9.17) is 10.5 Å². The monoisotopic (exact) mass is 347 g/mol. The third-order valence-electron chi connectivity index (χ3n) is 4.46. The second kappa shape index (κ2) is 10.0. The SMILES string of the molecule is CCC(NC(=O)CCCN)c1ccccc1OCC(=O)N1CCCC1. The van der Waals surface area contributed by atoms with Crippen molar-refractivity contribution in [2.24, 2.45) is 5.73 Å².